The minimum absolute atomic E-state index is 0.0103. The van der Waals surface area contributed by atoms with E-state index in [0.717, 1.165) is 39.2 Å². The third-order valence-electron chi connectivity index (χ3n) is 4.67. The van der Waals surface area contributed by atoms with Gasteiger partial charge in [-0.05, 0) is 29.8 Å². The van der Waals surface area contributed by atoms with Crippen molar-refractivity contribution < 1.29 is 29.3 Å². The number of piperazine rings is 1. The number of carboxylic acid groups (broad SMARTS) is 2. The second-order valence-corrected chi connectivity index (χ2v) is 7.45. The number of amides is 1. The number of carboxylic acids is 2. The molecular formula is C24H32N4O6. The number of benzene rings is 2. The minimum Gasteiger partial charge on any atom is -0.497 e. The molecule has 2 aromatic rings. The second kappa shape index (κ2) is 14.3. The van der Waals surface area contributed by atoms with E-state index >= 15 is 0 Å². The van der Waals surface area contributed by atoms with Crippen molar-refractivity contribution in [3.05, 3.63) is 65.2 Å². The van der Waals surface area contributed by atoms with Gasteiger partial charge in [0.2, 0.25) is 0 Å². The summed E-state index contributed by atoms with van der Waals surface area (Å²) >= 11 is 0. The normalized spacial score (nSPS) is 12.9. The molecule has 2 aromatic carbocycles. The molecule has 0 aliphatic carbocycles. The largest absolute Gasteiger partial charge is 0.497 e. The van der Waals surface area contributed by atoms with Crippen molar-refractivity contribution >= 4 is 23.7 Å². The fourth-order valence-corrected chi connectivity index (χ4v) is 3.07. The monoisotopic (exact) mass is 472 g/mol. The van der Waals surface area contributed by atoms with Crippen molar-refractivity contribution in [2.75, 3.05) is 33.3 Å². The highest BCUT2D eigenvalue weighted by atomic mass is 16.5. The molecule has 34 heavy (non-hydrogen) atoms. The highest BCUT2D eigenvalue weighted by molar-refractivity contribution is 5.98. The van der Waals surface area contributed by atoms with Gasteiger partial charge in [0.05, 0.1) is 7.11 Å². The average Bonchev–Trinajstić information content (AvgIpc) is 2.79. The highest BCUT2D eigenvalue weighted by Crippen LogP contribution is 2.15. The molecule has 1 aliphatic rings. The van der Waals surface area contributed by atoms with Crippen LogP contribution < -0.4 is 10.5 Å². The lowest BCUT2D eigenvalue weighted by Gasteiger charge is -2.34. The molecule has 184 valence electrons. The summed E-state index contributed by atoms with van der Waals surface area (Å²) in [6.45, 7) is 6.17. The Morgan fingerprint density at radius 1 is 0.882 bits per heavy atom. The Hall–Kier alpha value is -3.92. The van der Waals surface area contributed by atoms with E-state index in [9.17, 15) is 4.79 Å². The van der Waals surface area contributed by atoms with Gasteiger partial charge < -0.3 is 25.6 Å². The molecule has 0 radical (unpaired) electrons. The summed E-state index contributed by atoms with van der Waals surface area (Å²) in [4.78, 5) is 34.9. The molecule has 1 aliphatic heterocycles. The number of nitrogens with one attached hydrogen (secondary N) is 1. The Morgan fingerprint density at radius 2 is 1.32 bits per heavy atom. The SMILES string of the molecule is CC(=O)O.CC(=O)O.COc1ccc(CN2CCN(C(=O)c3ccc(C(=N)N)cc3)CC2)cc1. The number of aliphatic carboxylic acids is 2. The maximum absolute atomic E-state index is 12.6. The molecule has 0 saturated carbocycles. The van der Waals surface area contributed by atoms with Crippen LogP contribution in [0.3, 0.4) is 0 Å². The molecule has 1 fully saturated rings. The van der Waals surface area contributed by atoms with Gasteiger partial charge >= 0.3 is 0 Å². The summed E-state index contributed by atoms with van der Waals surface area (Å²) in [6, 6.07) is 15.0. The minimum atomic E-state index is -0.833. The molecule has 0 atom stereocenters. The molecule has 3 rings (SSSR count). The van der Waals surface area contributed by atoms with Crippen molar-refractivity contribution in [2.24, 2.45) is 5.73 Å². The number of hydrogen-bond acceptors (Lipinski definition) is 6. The van der Waals surface area contributed by atoms with Gasteiger partial charge in [0.25, 0.3) is 17.8 Å². The number of nitrogens with two attached hydrogens (primary N) is 1. The van der Waals surface area contributed by atoms with Crippen LogP contribution in [0, 0.1) is 5.41 Å². The molecule has 0 spiro atoms. The molecule has 10 nitrogen and oxygen atoms in total. The molecule has 5 N–H and O–H groups in total. The van der Waals surface area contributed by atoms with Crippen molar-refractivity contribution in [1.29, 1.82) is 5.41 Å². The molecular weight excluding hydrogens is 440 g/mol. The molecule has 0 aromatic heterocycles. The number of rotatable bonds is 5. The van der Waals surface area contributed by atoms with Crippen LogP contribution in [0.5, 0.6) is 5.75 Å². The third kappa shape index (κ3) is 10.6. The van der Waals surface area contributed by atoms with Crippen LogP contribution in [0.15, 0.2) is 48.5 Å². The topological polar surface area (TPSA) is 157 Å². The predicted molar refractivity (Wildman–Crippen MR) is 128 cm³/mol. The summed E-state index contributed by atoms with van der Waals surface area (Å²) in [5.74, 6) is -0.764. The quantitative estimate of drug-likeness (QED) is 0.381. The van der Waals surface area contributed by atoms with E-state index < -0.39 is 11.9 Å². The summed E-state index contributed by atoms with van der Waals surface area (Å²) in [5.41, 5.74) is 7.96. The van der Waals surface area contributed by atoms with Gasteiger partial charge in [-0.3, -0.25) is 24.7 Å². The lowest BCUT2D eigenvalue weighted by atomic mass is 10.1. The number of ether oxygens (including phenoxy) is 1. The van der Waals surface area contributed by atoms with Crippen LogP contribution in [0.4, 0.5) is 0 Å². The van der Waals surface area contributed by atoms with Crippen LogP contribution in [0.2, 0.25) is 0 Å². The molecule has 1 heterocycles. The molecule has 0 unspecified atom stereocenters. The highest BCUT2D eigenvalue weighted by Gasteiger charge is 2.22. The van der Waals surface area contributed by atoms with Gasteiger partial charge in [-0.25, -0.2) is 0 Å². The Bertz CT molecular complexity index is 932. The molecule has 0 bridgehead atoms. The van der Waals surface area contributed by atoms with E-state index in [1.165, 1.54) is 5.56 Å². The van der Waals surface area contributed by atoms with Crippen LogP contribution in [-0.2, 0) is 16.1 Å². The summed E-state index contributed by atoms with van der Waals surface area (Å²) in [5, 5.41) is 22.2. The third-order valence-corrected chi connectivity index (χ3v) is 4.67. The van der Waals surface area contributed by atoms with Crippen molar-refractivity contribution in [1.82, 2.24) is 9.80 Å². The summed E-state index contributed by atoms with van der Waals surface area (Å²) < 4.78 is 5.19. The van der Waals surface area contributed by atoms with Gasteiger partial charge in [0.1, 0.15) is 11.6 Å². The van der Waals surface area contributed by atoms with Crippen molar-refractivity contribution in [2.45, 2.75) is 20.4 Å². The van der Waals surface area contributed by atoms with Crippen molar-refractivity contribution in [3.63, 3.8) is 0 Å². The number of nitrogen functional groups attached to an aromatic ring is 1. The average molecular weight is 473 g/mol. The number of carbonyl (C=O) groups excluding carboxylic acids is 1. The molecule has 1 amide bonds. The first kappa shape index (κ1) is 28.1. The van der Waals surface area contributed by atoms with Crippen LogP contribution in [0.25, 0.3) is 0 Å². The molecule has 1 saturated heterocycles. The van der Waals surface area contributed by atoms with Gasteiger partial charge in [0.15, 0.2) is 0 Å². The smallest absolute Gasteiger partial charge is 0.300 e. The zero-order chi connectivity index (χ0) is 25.7. The maximum atomic E-state index is 12.6. The Balaban J connectivity index is 0.000000629. The number of methoxy groups -OCH3 is 1. The zero-order valence-corrected chi connectivity index (χ0v) is 19.7. The second-order valence-electron chi connectivity index (χ2n) is 7.45. The number of nitrogens with zero attached hydrogens (tertiary/aromatic N) is 2. The van der Waals surface area contributed by atoms with Crippen LogP contribution in [0.1, 0.15) is 35.3 Å². The van der Waals surface area contributed by atoms with Gasteiger partial charge in [-0.15, -0.1) is 0 Å². The first-order valence-corrected chi connectivity index (χ1v) is 10.5. The Morgan fingerprint density at radius 3 is 1.74 bits per heavy atom. The number of amidine groups is 1. The summed E-state index contributed by atoms with van der Waals surface area (Å²) in [6.07, 6.45) is 0. The first-order chi connectivity index (χ1) is 16.0. The summed E-state index contributed by atoms with van der Waals surface area (Å²) in [7, 11) is 1.67. The van der Waals surface area contributed by atoms with Crippen LogP contribution in [-0.4, -0.2) is 77.0 Å². The van der Waals surface area contributed by atoms with Gasteiger partial charge in [-0.1, -0.05) is 24.3 Å². The van der Waals surface area contributed by atoms with E-state index in [1.54, 1.807) is 31.4 Å². The lowest BCUT2D eigenvalue weighted by molar-refractivity contribution is -0.135. The molecule has 10 heteroatoms. The fourth-order valence-electron chi connectivity index (χ4n) is 3.07. The Kier molecular flexibility index (Phi) is 11.8. The zero-order valence-electron chi connectivity index (χ0n) is 19.7. The van der Waals surface area contributed by atoms with Gasteiger partial charge in [-0.2, -0.15) is 0 Å². The van der Waals surface area contributed by atoms with E-state index in [-0.39, 0.29) is 11.7 Å². The van der Waals surface area contributed by atoms with E-state index in [1.807, 2.05) is 17.0 Å². The van der Waals surface area contributed by atoms with E-state index in [4.69, 9.17) is 35.7 Å². The fraction of sp³-hybridized carbons (Fsp3) is 0.333. The maximum Gasteiger partial charge on any atom is 0.300 e. The standard InChI is InChI=1S/C20H24N4O2.2C2H4O2/c1-26-18-8-2-15(3-9-18)14-23-10-12-24(13-11-23)20(25)17-6-4-16(5-7-17)19(21)22;2*1-2(3)4/h2-9H,10-14H2,1H3,(H3,21,22);2*1H3,(H,3,4). The van der Waals surface area contributed by atoms with Gasteiger partial charge in [0, 0.05) is 57.7 Å². The van der Waals surface area contributed by atoms with E-state index in [2.05, 4.69) is 17.0 Å². The number of carbonyl (C=O) groups is 3. The van der Waals surface area contributed by atoms with E-state index in [0.29, 0.717) is 24.2 Å². The Labute approximate surface area is 199 Å². The predicted octanol–water partition coefficient (Wildman–Crippen LogP) is 2.12. The van der Waals surface area contributed by atoms with Crippen molar-refractivity contribution in [3.8, 4) is 5.75 Å². The van der Waals surface area contributed by atoms with Crippen LogP contribution >= 0.6 is 0 Å². The number of hydrogen-bond donors (Lipinski definition) is 4. The first-order valence-electron chi connectivity index (χ1n) is 10.5. The lowest BCUT2D eigenvalue weighted by Crippen LogP contribution is -2.48.